The van der Waals surface area contributed by atoms with Gasteiger partial charge in [-0.2, -0.15) is 0 Å². The lowest BCUT2D eigenvalue weighted by Gasteiger charge is -2.36. The van der Waals surface area contributed by atoms with Gasteiger partial charge in [-0.25, -0.2) is 0 Å². The van der Waals surface area contributed by atoms with Crippen LogP contribution in [0.3, 0.4) is 0 Å². The predicted molar refractivity (Wildman–Crippen MR) is 106 cm³/mol. The maximum atomic E-state index is 12.4. The molecule has 6 heteroatoms. The third-order valence-electron chi connectivity index (χ3n) is 4.80. The Morgan fingerprint density at radius 2 is 1.96 bits per heavy atom. The van der Waals surface area contributed by atoms with Crippen molar-refractivity contribution in [1.29, 1.82) is 0 Å². The first-order chi connectivity index (χ1) is 12.3. The summed E-state index contributed by atoms with van der Waals surface area (Å²) in [6.07, 6.45) is 0. The van der Waals surface area contributed by atoms with Crippen LogP contribution in [0, 0.1) is 17.8 Å². The quantitative estimate of drug-likeness (QED) is 0.847. The van der Waals surface area contributed by atoms with E-state index >= 15 is 0 Å². The fourth-order valence-corrected chi connectivity index (χ4v) is 3.44. The molecule has 1 aliphatic heterocycles. The highest BCUT2D eigenvalue weighted by atomic mass is 32.1. The number of hydrogen-bond donors (Lipinski definition) is 1. The number of nitrogens with zero attached hydrogens (tertiary/aromatic N) is 2. The second kappa shape index (κ2) is 7.10. The maximum absolute atomic E-state index is 12.4. The molecule has 2 heterocycles. The van der Waals surface area contributed by atoms with Gasteiger partial charge in [-0.3, -0.25) is 14.5 Å². The molecular weight excluding hydrogens is 346 g/mol. The molecule has 0 aliphatic carbocycles. The minimum atomic E-state index is -0.363. The maximum Gasteiger partial charge on any atom is 0.298 e. The summed E-state index contributed by atoms with van der Waals surface area (Å²) in [5.41, 5.74) is -0.363. The summed E-state index contributed by atoms with van der Waals surface area (Å²) < 4.78 is 1.15. The molecule has 136 valence electrons. The SMILES string of the molecule is CN(C)C(C)(C)C#CC(=O)N1CC(C(=O)Nc2cc3ccccc3s2)C1. The van der Waals surface area contributed by atoms with Crippen molar-refractivity contribution in [3.8, 4) is 11.8 Å². The van der Waals surface area contributed by atoms with Crippen molar-refractivity contribution >= 4 is 38.2 Å². The van der Waals surface area contributed by atoms with Crippen LogP contribution in [0.5, 0.6) is 0 Å². The lowest BCUT2D eigenvalue weighted by molar-refractivity contribution is -0.136. The number of likely N-dealkylation sites (tertiary alicyclic amines) is 1. The molecule has 2 amide bonds. The van der Waals surface area contributed by atoms with Crippen molar-refractivity contribution in [2.24, 2.45) is 5.92 Å². The van der Waals surface area contributed by atoms with Crippen LogP contribution in [-0.2, 0) is 9.59 Å². The highest BCUT2D eigenvalue weighted by Gasteiger charge is 2.35. The molecule has 1 aromatic carbocycles. The number of benzene rings is 1. The lowest BCUT2D eigenvalue weighted by atomic mass is 9.99. The Balaban J connectivity index is 1.53. The van der Waals surface area contributed by atoms with Gasteiger partial charge in [0.25, 0.3) is 5.91 Å². The van der Waals surface area contributed by atoms with Gasteiger partial charge in [0.15, 0.2) is 0 Å². The molecule has 0 radical (unpaired) electrons. The molecule has 1 saturated heterocycles. The van der Waals surface area contributed by atoms with Gasteiger partial charge in [0.2, 0.25) is 5.91 Å². The van der Waals surface area contributed by atoms with E-state index < -0.39 is 0 Å². The summed E-state index contributed by atoms with van der Waals surface area (Å²) in [5.74, 6) is 5.26. The fraction of sp³-hybridized carbons (Fsp3) is 0.400. The standard InChI is InChI=1S/C20H23N3O2S/c1-20(2,22(3)4)10-9-18(24)23-12-15(13-23)19(25)21-17-11-14-7-5-6-8-16(14)26-17/h5-8,11,15H,12-13H2,1-4H3,(H,21,25). The molecule has 0 saturated carbocycles. The average Bonchev–Trinajstić information content (AvgIpc) is 2.93. The number of anilines is 1. The Morgan fingerprint density at radius 3 is 2.62 bits per heavy atom. The predicted octanol–water partition coefficient (Wildman–Crippen LogP) is 2.64. The second-order valence-electron chi connectivity index (χ2n) is 7.25. The Hall–Kier alpha value is -2.36. The first-order valence-corrected chi connectivity index (χ1v) is 9.37. The number of thiophene rings is 1. The second-order valence-corrected chi connectivity index (χ2v) is 8.33. The van der Waals surface area contributed by atoms with E-state index in [0.717, 1.165) is 15.1 Å². The first-order valence-electron chi connectivity index (χ1n) is 8.55. The molecule has 0 atom stereocenters. The highest BCUT2D eigenvalue weighted by molar-refractivity contribution is 7.22. The zero-order chi connectivity index (χ0) is 18.9. The van der Waals surface area contributed by atoms with Crippen molar-refractivity contribution in [2.45, 2.75) is 19.4 Å². The molecule has 1 aromatic heterocycles. The zero-order valence-electron chi connectivity index (χ0n) is 15.5. The van der Waals surface area contributed by atoms with E-state index in [1.165, 1.54) is 0 Å². The van der Waals surface area contributed by atoms with Crippen molar-refractivity contribution in [2.75, 3.05) is 32.5 Å². The van der Waals surface area contributed by atoms with Crippen LogP contribution in [0.15, 0.2) is 30.3 Å². The Kier molecular flexibility index (Phi) is 5.03. The molecule has 0 unspecified atom stereocenters. The Bertz CT molecular complexity index is 865. The van der Waals surface area contributed by atoms with Crippen molar-refractivity contribution in [3.05, 3.63) is 30.3 Å². The Morgan fingerprint density at radius 1 is 1.27 bits per heavy atom. The van der Waals surface area contributed by atoms with Crippen LogP contribution in [0.25, 0.3) is 10.1 Å². The smallest absolute Gasteiger partial charge is 0.298 e. The fourth-order valence-electron chi connectivity index (χ4n) is 2.47. The molecule has 3 rings (SSSR count). The van der Waals surface area contributed by atoms with E-state index in [1.807, 2.05) is 63.2 Å². The van der Waals surface area contributed by atoms with E-state index in [9.17, 15) is 9.59 Å². The number of rotatable bonds is 3. The van der Waals surface area contributed by atoms with Crippen molar-refractivity contribution < 1.29 is 9.59 Å². The van der Waals surface area contributed by atoms with Crippen LogP contribution in [-0.4, -0.2) is 54.3 Å². The number of fused-ring (bicyclic) bond motifs is 1. The third kappa shape index (κ3) is 3.90. The van der Waals surface area contributed by atoms with Crippen LogP contribution < -0.4 is 5.32 Å². The average molecular weight is 369 g/mol. The normalized spacial score (nSPS) is 14.7. The summed E-state index contributed by atoms with van der Waals surface area (Å²) in [5, 5.41) is 4.93. The Labute approximate surface area is 158 Å². The number of carbonyl (C=O) groups excluding carboxylic acids is 2. The summed E-state index contributed by atoms with van der Waals surface area (Å²) in [6.45, 7) is 4.77. The van der Waals surface area contributed by atoms with E-state index in [-0.39, 0.29) is 23.3 Å². The van der Waals surface area contributed by atoms with Gasteiger partial charge in [-0.15, -0.1) is 11.3 Å². The van der Waals surface area contributed by atoms with Crippen molar-refractivity contribution in [3.63, 3.8) is 0 Å². The summed E-state index contributed by atoms with van der Waals surface area (Å²) in [4.78, 5) is 28.1. The van der Waals surface area contributed by atoms with Crippen LogP contribution in [0.4, 0.5) is 5.00 Å². The van der Waals surface area contributed by atoms with Gasteiger partial charge in [-0.05, 0) is 51.4 Å². The number of nitrogens with one attached hydrogen (secondary N) is 1. The molecule has 1 N–H and O–H groups in total. The molecule has 1 aliphatic rings. The minimum Gasteiger partial charge on any atom is -0.330 e. The van der Waals surface area contributed by atoms with E-state index in [0.29, 0.717) is 13.1 Å². The summed E-state index contributed by atoms with van der Waals surface area (Å²) in [7, 11) is 3.86. The van der Waals surface area contributed by atoms with Crippen LogP contribution in [0.1, 0.15) is 13.8 Å². The number of amides is 2. The van der Waals surface area contributed by atoms with Crippen LogP contribution >= 0.6 is 11.3 Å². The monoisotopic (exact) mass is 369 g/mol. The molecular formula is C20H23N3O2S. The van der Waals surface area contributed by atoms with Gasteiger partial charge in [0.05, 0.1) is 16.5 Å². The number of hydrogen-bond acceptors (Lipinski definition) is 4. The molecule has 2 aromatic rings. The van der Waals surface area contributed by atoms with Gasteiger partial charge in [-0.1, -0.05) is 24.1 Å². The number of carbonyl (C=O) groups is 2. The summed E-state index contributed by atoms with van der Waals surface area (Å²) >= 11 is 1.56. The van der Waals surface area contributed by atoms with Crippen molar-refractivity contribution in [1.82, 2.24) is 9.80 Å². The lowest BCUT2D eigenvalue weighted by Crippen LogP contribution is -2.54. The topological polar surface area (TPSA) is 52.7 Å². The van der Waals surface area contributed by atoms with Gasteiger partial charge in [0.1, 0.15) is 0 Å². The van der Waals surface area contributed by atoms with E-state index in [2.05, 4.69) is 17.2 Å². The zero-order valence-corrected chi connectivity index (χ0v) is 16.3. The highest BCUT2D eigenvalue weighted by Crippen LogP contribution is 2.30. The van der Waals surface area contributed by atoms with Gasteiger partial charge in [0, 0.05) is 17.8 Å². The first kappa shape index (κ1) is 18.4. The minimum absolute atomic E-state index is 0.0396. The van der Waals surface area contributed by atoms with Gasteiger partial charge < -0.3 is 10.2 Å². The molecule has 1 fully saturated rings. The van der Waals surface area contributed by atoms with Gasteiger partial charge >= 0.3 is 0 Å². The molecule has 26 heavy (non-hydrogen) atoms. The molecule has 0 bridgehead atoms. The molecule has 5 nitrogen and oxygen atoms in total. The van der Waals surface area contributed by atoms with Crippen LogP contribution in [0.2, 0.25) is 0 Å². The third-order valence-corrected chi connectivity index (χ3v) is 5.84. The van der Waals surface area contributed by atoms with E-state index in [1.54, 1.807) is 16.2 Å². The largest absolute Gasteiger partial charge is 0.330 e. The summed E-state index contributed by atoms with van der Waals surface area (Å²) in [6, 6.07) is 10.0. The molecule has 0 spiro atoms. The van der Waals surface area contributed by atoms with E-state index in [4.69, 9.17) is 0 Å².